The minimum atomic E-state index is -3.97. The van der Waals surface area contributed by atoms with Gasteiger partial charge in [-0.2, -0.15) is 4.31 Å². The van der Waals surface area contributed by atoms with E-state index in [-0.39, 0.29) is 42.3 Å². The van der Waals surface area contributed by atoms with Crippen molar-refractivity contribution in [2.45, 2.75) is 81.0 Å². The highest BCUT2D eigenvalue weighted by molar-refractivity contribution is 7.89. The number of furan rings is 1. The molecule has 1 aliphatic carbocycles. The summed E-state index contributed by atoms with van der Waals surface area (Å²) in [6.45, 7) is 2.59. The van der Waals surface area contributed by atoms with E-state index in [9.17, 15) is 22.8 Å². The quantitative estimate of drug-likeness (QED) is 0.256. The monoisotopic (exact) mass is 695 g/mol. The number of nitrogens with zero attached hydrogens (tertiary/aromatic N) is 2. The van der Waals surface area contributed by atoms with Gasteiger partial charge in [-0.05, 0) is 61.6 Å². The number of pyridine rings is 1. The summed E-state index contributed by atoms with van der Waals surface area (Å²) in [5, 5.41) is 9.60. The van der Waals surface area contributed by atoms with Crippen LogP contribution in [0.4, 0.5) is 0 Å². The number of benzene rings is 1. The number of rotatable bonds is 12. The predicted molar refractivity (Wildman–Crippen MR) is 181 cm³/mol. The summed E-state index contributed by atoms with van der Waals surface area (Å²) in [4.78, 5) is 44.5. The summed E-state index contributed by atoms with van der Waals surface area (Å²) < 4.78 is 44.9. The minimum Gasteiger partial charge on any atom is -0.493 e. The first kappa shape index (κ1) is 35.0. The lowest BCUT2D eigenvalue weighted by atomic mass is 9.84. The van der Waals surface area contributed by atoms with E-state index in [1.54, 1.807) is 30.3 Å². The third-order valence-corrected chi connectivity index (χ3v) is 11.3. The molecule has 3 fully saturated rings. The molecule has 4 heterocycles. The molecule has 13 nitrogen and oxygen atoms in total. The lowest BCUT2D eigenvalue weighted by Crippen LogP contribution is -2.53. The summed E-state index contributed by atoms with van der Waals surface area (Å²) in [6.07, 6.45) is 8.52. The topological polar surface area (TPSA) is 169 Å². The molecular weight excluding hydrogens is 650 g/mol. The number of ketones is 1. The molecule has 3 aliphatic rings. The summed E-state index contributed by atoms with van der Waals surface area (Å²) in [7, 11) is -3.97. The molecule has 1 saturated carbocycles. The van der Waals surface area contributed by atoms with Gasteiger partial charge in [-0.1, -0.05) is 38.2 Å². The van der Waals surface area contributed by atoms with Crippen molar-refractivity contribution < 1.29 is 36.7 Å². The highest BCUT2D eigenvalue weighted by Crippen LogP contribution is 2.29. The predicted octanol–water partition coefficient (Wildman–Crippen LogP) is 3.19. The lowest BCUT2D eigenvalue weighted by Gasteiger charge is -2.27. The van der Waals surface area contributed by atoms with Gasteiger partial charge in [0.05, 0.1) is 31.9 Å². The molecule has 14 heteroatoms. The van der Waals surface area contributed by atoms with Gasteiger partial charge in [-0.15, -0.1) is 0 Å². The molecule has 3 atom stereocenters. The Balaban J connectivity index is 1.10. The Morgan fingerprint density at radius 1 is 1.08 bits per heavy atom. The number of aromatic nitrogens is 1. The van der Waals surface area contributed by atoms with Crippen LogP contribution in [0.5, 0.6) is 5.75 Å². The molecule has 2 amide bonds. The van der Waals surface area contributed by atoms with Gasteiger partial charge in [0.2, 0.25) is 5.91 Å². The molecule has 2 saturated heterocycles. The van der Waals surface area contributed by atoms with Crippen molar-refractivity contribution in [2.75, 3.05) is 39.4 Å². The number of nitrogens with one attached hydrogen (secondary N) is 3. The van der Waals surface area contributed by atoms with Crippen LogP contribution in [0.15, 0.2) is 58.1 Å². The first-order valence-electron chi connectivity index (χ1n) is 17.3. The van der Waals surface area contributed by atoms with E-state index in [0.29, 0.717) is 42.8 Å². The fourth-order valence-corrected chi connectivity index (χ4v) is 8.19. The van der Waals surface area contributed by atoms with Crippen LogP contribution in [0.25, 0.3) is 11.0 Å². The van der Waals surface area contributed by atoms with Crippen molar-refractivity contribution in [1.82, 2.24) is 25.2 Å². The number of hydrogen-bond acceptors (Lipinski definition) is 10. The first-order chi connectivity index (χ1) is 23.8. The average molecular weight is 696 g/mol. The fraction of sp³-hybridized carbons (Fsp3) is 0.543. The number of sulfonamides is 1. The second-order valence-corrected chi connectivity index (χ2v) is 15.0. The van der Waals surface area contributed by atoms with Gasteiger partial charge in [0.25, 0.3) is 15.9 Å². The summed E-state index contributed by atoms with van der Waals surface area (Å²) in [6, 6.07) is 9.80. The zero-order chi connectivity index (χ0) is 34.2. The molecule has 3 aromatic rings. The Morgan fingerprint density at radius 2 is 1.94 bits per heavy atom. The highest BCUT2D eigenvalue weighted by Gasteiger charge is 2.35. The second-order valence-electron chi connectivity index (χ2n) is 13.1. The van der Waals surface area contributed by atoms with Gasteiger partial charge in [0.1, 0.15) is 17.4 Å². The molecule has 3 N–H and O–H groups in total. The van der Waals surface area contributed by atoms with E-state index in [4.69, 9.17) is 13.9 Å². The number of Topliss-reactive ketones (excluding diaryl/α,β-unsaturated/α-hetero) is 1. The number of hydrogen-bond donors (Lipinski definition) is 3. The van der Waals surface area contributed by atoms with Crippen molar-refractivity contribution >= 4 is 38.6 Å². The lowest BCUT2D eigenvalue weighted by molar-refractivity contribution is -0.129. The van der Waals surface area contributed by atoms with Crippen LogP contribution in [0.3, 0.4) is 0 Å². The maximum absolute atomic E-state index is 13.8. The third-order valence-electron chi connectivity index (χ3n) is 9.52. The SMILES string of the molecule is O=C(NC(CC1CCCCC1)C(=O)N[C@H]1CCCN(S(=O)(=O)c2ccccn2)CC1=O)c1cc2cc(OCCC3CNCCO3)ccc2o1. The van der Waals surface area contributed by atoms with Crippen molar-refractivity contribution in [1.29, 1.82) is 0 Å². The number of morpholine rings is 1. The van der Waals surface area contributed by atoms with Crippen molar-refractivity contribution in [2.24, 2.45) is 5.92 Å². The van der Waals surface area contributed by atoms with Gasteiger partial charge in [-0.3, -0.25) is 14.4 Å². The summed E-state index contributed by atoms with van der Waals surface area (Å²) >= 11 is 0. The van der Waals surface area contributed by atoms with Gasteiger partial charge in [0.15, 0.2) is 16.6 Å². The third kappa shape index (κ3) is 9.04. The van der Waals surface area contributed by atoms with Crippen LogP contribution in [0.2, 0.25) is 0 Å². The van der Waals surface area contributed by atoms with Gasteiger partial charge in [0, 0.05) is 37.6 Å². The molecule has 6 rings (SSSR count). The van der Waals surface area contributed by atoms with Crippen LogP contribution in [-0.4, -0.2) is 92.9 Å². The van der Waals surface area contributed by atoms with Crippen molar-refractivity contribution in [3.63, 3.8) is 0 Å². The first-order valence-corrected chi connectivity index (χ1v) is 18.7. The zero-order valence-electron chi connectivity index (χ0n) is 27.6. The average Bonchev–Trinajstić information content (AvgIpc) is 3.46. The Kier molecular flexibility index (Phi) is 11.6. The van der Waals surface area contributed by atoms with Crippen LogP contribution >= 0.6 is 0 Å². The maximum atomic E-state index is 13.8. The van der Waals surface area contributed by atoms with Gasteiger partial charge >= 0.3 is 0 Å². The van der Waals surface area contributed by atoms with E-state index in [2.05, 4.69) is 20.9 Å². The van der Waals surface area contributed by atoms with E-state index in [1.165, 1.54) is 12.3 Å². The largest absolute Gasteiger partial charge is 0.493 e. The smallest absolute Gasteiger partial charge is 0.287 e. The van der Waals surface area contributed by atoms with Crippen molar-refractivity contribution in [3.8, 4) is 5.75 Å². The molecule has 1 aromatic carbocycles. The van der Waals surface area contributed by atoms with E-state index in [0.717, 1.165) is 55.9 Å². The van der Waals surface area contributed by atoms with E-state index >= 15 is 0 Å². The molecule has 0 radical (unpaired) electrons. The normalized spacial score (nSPS) is 21.9. The number of amides is 2. The van der Waals surface area contributed by atoms with E-state index in [1.807, 2.05) is 6.07 Å². The molecule has 49 heavy (non-hydrogen) atoms. The molecular formula is C35H45N5O8S. The second kappa shape index (κ2) is 16.2. The molecule has 264 valence electrons. The summed E-state index contributed by atoms with van der Waals surface area (Å²) in [5.74, 6) is -0.446. The Bertz CT molecular complexity index is 1700. The van der Waals surface area contributed by atoms with Crippen molar-refractivity contribution in [3.05, 3.63) is 54.4 Å². The standard InChI is InChI=1S/C35H45N5O8S/c41-30-23-40(49(44,45)33-10-4-5-14-37-33)16-6-9-28(30)38-34(42)29(19-24-7-2-1-3-8-24)39-35(43)32-21-25-20-26(11-12-31(25)48-32)46-17-13-27-22-36-15-18-47-27/h4-5,10-12,14,20-21,24,27-29,36H,1-3,6-9,13,15-19,22-23H2,(H,38,42)(H,39,43)/t27?,28-,29?/m0/s1. The number of carbonyl (C=O) groups excluding carboxylic acids is 3. The molecule has 2 unspecified atom stereocenters. The zero-order valence-corrected chi connectivity index (χ0v) is 28.4. The Morgan fingerprint density at radius 3 is 2.71 bits per heavy atom. The Labute approximate surface area is 286 Å². The maximum Gasteiger partial charge on any atom is 0.287 e. The molecule has 0 bridgehead atoms. The van der Waals surface area contributed by atoms with Gasteiger partial charge < -0.3 is 29.8 Å². The van der Waals surface area contributed by atoms with Crippen LogP contribution in [-0.2, 0) is 24.3 Å². The minimum absolute atomic E-state index is 0.0659. The summed E-state index contributed by atoms with van der Waals surface area (Å²) in [5.41, 5.74) is 0.514. The highest BCUT2D eigenvalue weighted by atomic mass is 32.2. The fourth-order valence-electron chi connectivity index (χ4n) is 6.81. The van der Waals surface area contributed by atoms with Crippen LogP contribution in [0.1, 0.15) is 68.3 Å². The number of carbonyl (C=O) groups is 3. The molecule has 2 aliphatic heterocycles. The number of ether oxygens (including phenoxy) is 2. The van der Waals surface area contributed by atoms with Crippen LogP contribution < -0.4 is 20.7 Å². The van der Waals surface area contributed by atoms with Gasteiger partial charge in [-0.25, -0.2) is 13.4 Å². The van der Waals surface area contributed by atoms with E-state index < -0.39 is 39.7 Å². The number of fused-ring (bicyclic) bond motifs is 1. The Hall–Kier alpha value is -3.85. The van der Waals surface area contributed by atoms with Crippen LogP contribution in [0, 0.1) is 5.92 Å². The molecule has 2 aromatic heterocycles. The molecule has 0 spiro atoms.